The molecule has 164 valence electrons. The van der Waals surface area contributed by atoms with Gasteiger partial charge in [0.25, 0.3) is 0 Å². The van der Waals surface area contributed by atoms with Crippen molar-refractivity contribution in [3.8, 4) is 17.1 Å². The molecule has 2 saturated heterocycles. The summed E-state index contributed by atoms with van der Waals surface area (Å²) in [4.78, 5) is 23.7. The second-order valence-electron chi connectivity index (χ2n) is 8.63. The molecule has 1 N–H and O–H groups in total. The van der Waals surface area contributed by atoms with Crippen molar-refractivity contribution in [2.45, 2.75) is 50.7 Å². The fourth-order valence-corrected chi connectivity index (χ4v) is 4.40. The number of aromatic nitrogens is 2. The molecule has 1 aliphatic carbocycles. The van der Waals surface area contributed by atoms with Crippen molar-refractivity contribution < 1.29 is 18.7 Å². The van der Waals surface area contributed by atoms with Gasteiger partial charge in [0.1, 0.15) is 17.1 Å². The van der Waals surface area contributed by atoms with E-state index < -0.39 is 0 Å². The summed E-state index contributed by atoms with van der Waals surface area (Å²) in [5.41, 5.74) is 3.10. The van der Waals surface area contributed by atoms with Gasteiger partial charge in [0.2, 0.25) is 5.88 Å². The van der Waals surface area contributed by atoms with E-state index in [0.29, 0.717) is 31.5 Å². The maximum atomic E-state index is 13.4. The second-order valence-corrected chi connectivity index (χ2v) is 8.63. The number of carbonyl (C=O) groups excluding carboxylic acids is 1. The first-order valence-electron chi connectivity index (χ1n) is 11.0. The molecule has 2 aromatic rings. The minimum Gasteiger partial charge on any atom is -0.477 e. The number of carbonyl (C=O) groups is 1. The molecule has 3 fully saturated rings. The molecule has 0 radical (unpaired) electrons. The van der Waals surface area contributed by atoms with Gasteiger partial charge in [-0.3, -0.25) is 4.90 Å². The van der Waals surface area contributed by atoms with Gasteiger partial charge in [-0.2, -0.15) is 0 Å². The second kappa shape index (κ2) is 8.07. The number of amides is 1. The number of nitrogens with zero attached hydrogens (tertiary/aromatic N) is 3. The lowest BCUT2D eigenvalue weighted by Gasteiger charge is -2.37. The Balaban J connectivity index is 1.40. The molecule has 8 heteroatoms. The monoisotopic (exact) mass is 426 g/mol. The van der Waals surface area contributed by atoms with E-state index in [1.165, 1.54) is 12.1 Å². The molecular weight excluding hydrogens is 399 g/mol. The zero-order chi connectivity index (χ0) is 21.4. The van der Waals surface area contributed by atoms with Crippen molar-refractivity contribution in [1.29, 1.82) is 0 Å². The van der Waals surface area contributed by atoms with Crippen LogP contribution >= 0.6 is 0 Å². The van der Waals surface area contributed by atoms with Crippen molar-refractivity contribution in [1.82, 2.24) is 20.2 Å². The van der Waals surface area contributed by atoms with E-state index in [1.807, 2.05) is 6.92 Å². The molecule has 1 amide bonds. The van der Waals surface area contributed by atoms with Gasteiger partial charge in [0.05, 0.1) is 24.5 Å². The van der Waals surface area contributed by atoms with Crippen molar-refractivity contribution in [2.24, 2.45) is 0 Å². The predicted octanol–water partition coefficient (Wildman–Crippen LogP) is 3.63. The normalized spacial score (nSPS) is 20.5. The van der Waals surface area contributed by atoms with Crippen LogP contribution in [0.5, 0.6) is 5.88 Å². The summed E-state index contributed by atoms with van der Waals surface area (Å²) in [5.74, 6) is 0.674. The van der Waals surface area contributed by atoms with E-state index in [1.54, 1.807) is 12.1 Å². The van der Waals surface area contributed by atoms with E-state index in [9.17, 15) is 9.18 Å². The lowest BCUT2D eigenvalue weighted by Crippen LogP contribution is -2.46. The molecule has 7 nitrogen and oxygen atoms in total. The quantitative estimate of drug-likeness (QED) is 0.760. The molecule has 1 aromatic carbocycles. The predicted molar refractivity (Wildman–Crippen MR) is 112 cm³/mol. The van der Waals surface area contributed by atoms with Crippen LogP contribution in [0.25, 0.3) is 11.3 Å². The Kier molecular flexibility index (Phi) is 5.25. The largest absolute Gasteiger partial charge is 0.477 e. The molecule has 1 spiro atoms. The zero-order valence-electron chi connectivity index (χ0n) is 17.7. The third-order valence-electron chi connectivity index (χ3n) is 6.33. The zero-order valence-corrected chi connectivity index (χ0v) is 17.7. The number of hydrogen-bond acceptors (Lipinski definition) is 6. The minimum atomic E-state index is -0.367. The lowest BCUT2D eigenvalue weighted by molar-refractivity contribution is -0.00148. The van der Waals surface area contributed by atoms with Gasteiger partial charge in [-0.15, -0.1) is 0 Å². The number of alkyl carbamates (subject to hydrolysis) is 1. The fraction of sp³-hybridized carbons (Fsp3) is 0.522. The van der Waals surface area contributed by atoms with Crippen LogP contribution in [0.2, 0.25) is 0 Å². The Hall–Kier alpha value is -2.74. The third-order valence-corrected chi connectivity index (χ3v) is 6.33. The summed E-state index contributed by atoms with van der Waals surface area (Å²) < 4.78 is 24.8. The topological polar surface area (TPSA) is 76.6 Å². The van der Waals surface area contributed by atoms with Gasteiger partial charge in [-0.25, -0.2) is 19.2 Å². The first-order chi connectivity index (χ1) is 15.0. The smallest absolute Gasteiger partial charge is 0.407 e. The molecule has 0 bridgehead atoms. The highest BCUT2D eigenvalue weighted by atomic mass is 19.1. The molecule has 0 atom stereocenters. The molecule has 1 aromatic heterocycles. The number of likely N-dealkylation sites (tertiary alicyclic amines) is 1. The van der Waals surface area contributed by atoms with Crippen LogP contribution in [0, 0.1) is 5.82 Å². The van der Waals surface area contributed by atoms with Crippen LogP contribution in [0.15, 0.2) is 24.3 Å². The summed E-state index contributed by atoms with van der Waals surface area (Å²) in [7, 11) is 0. The van der Waals surface area contributed by atoms with E-state index in [-0.39, 0.29) is 17.5 Å². The van der Waals surface area contributed by atoms with Gasteiger partial charge >= 0.3 is 6.09 Å². The van der Waals surface area contributed by atoms with Crippen molar-refractivity contribution in [2.75, 3.05) is 26.2 Å². The SMILES string of the molecule is CCOc1nc(-c2ccc(F)cc2)c(C2CC2)nc1CN1CCC2(CC1)CNC(=O)O2. The molecular formula is C23H27FN4O3. The van der Waals surface area contributed by atoms with Crippen molar-refractivity contribution in [3.63, 3.8) is 0 Å². The number of ether oxygens (including phenoxy) is 2. The maximum Gasteiger partial charge on any atom is 0.407 e. The molecule has 0 unspecified atom stereocenters. The molecule has 2 aliphatic heterocycles. The molecule has 31 heavy (non-hydrogen) atoms. The van der Waals surface area contributed by atoms with E-state index in [0.717, 1.165) is 61.4 Å². The minimum absolute atomic E-state index is 0.266. The number of rotatable bonds is 6. The van der Waals surface area contributed by atoms with Gasteiger partial charge < -0.3 is 14.8 Å². The highest BCUT2D eigenvalue weighted by Gasteiger charge is 2.43. The van der Waals surface area contributed by atoms with Gasteiger partial charge in [0.15, 0.2) is 0 Å². The summed E-state index contributed by atoms with van der Waals surface area (Å²) >= 11 is 0. The van der Waals surface area contributed by atoms with Crippen LogP contribution in [0.3, 0.4) is 0 Å². The highest BCUT2D eigenvalue weighted by molar-refractivity contribution is 5.70. The number of halogens is 1. The Morgan fingerprint density at radius 3 is 2.58 bits per heavy atom. The van der Waals surface area contributed by atoms with Crippen LogP contribution in [0.4, 0.5) is 9.18 Å². The van der Waals surface area contributed by atoms with Crippen LogP contribution in [0.1, 0.15) is 49.9 Å². The number of benzene rings is 1. The molecule has 3 heterocycles. The first-order valence-corrected chi connectivity index (χ1v) is 11.0. The Morgan fingerprint density at radius 1 is 1.23 bits per heavy atom. The lowest BCUT2D eigenvalue weighted by atomic mass is 9.91. The van der Waals surface area contributed by atoms with Crippen LogP contribution in [-0.2, 0) is 11.3 Å². The van der Waals surface area contributed by atoms with Crippen molar-refractivity contribution in [3.05, 3.63) is 41.5 Å². The van der Waals surface area contributed by atoms with E-state index in [2.05, 4.69) is 10.2 Å². The molecule has 5 rings (SSSR count). The third kappa shape index (κ3) is 4.21. The highest BCUT2D eigenvalue weighted by Crippen LogP contribution is 2.44. The summed E-state index contributed by atoms with van der Waals surface area (Å²) in [6.07, 6.45) is 3.48. The fourth-order valence-electron chi connectivity index (χ4n) is 4.40. The number of nitrogens with one attached hydrogen (secondary N) is 1. The summed E-state index contributed by atoms with van der Waals surface area (Å²) in [6, 6.07) is 6.41. The summed E-state index contributed by atoms with van der Waals surface area (Å²) in [5, 5.41) is 2.78. The number of piperidine rings is 1. The van der Waals surface area contributed by atoms with E-state index >= 15 is 0 Å². The number of hydrogen-bond donors (Lipinski definition) is 1. The van der Waals surface area contributed by atoms with Gasteiger partial charge in [0, 0.05) is 44.0 Å². The van der Waals surface area contributed by atoms with Crippen LogP contribution < -0.4 is 10.1 Å². The Morgan fingerprint density at radius 2 is 1.97 bits per heavy atom. The standard InChI is InChI=1S/C23H27FN4O3/c1-2-30-21-18(13-28-11-9-23(10-12-28)14-25-22(29)31-23)26-19(15-3-4-15)20(27-21)16-5-7-17(24)8-6-16/h5-8,15H,2-4,9-14H2,1H3,(H,25,29). The Labute approximate surface area is 181 Å². The molecule has 3 aliphatic rings. The van der Waals surface area contributed by atoms with Gasteiger partial charge in [-0.1, -0.05) is 0 Å². The van der Waals surface area contributed by atoms with Gasteiger partial charge in [-0.05, 0) is 44.0 Å². The van der Waals surface area contributed by atoms with E-state index in [4.69, 9.17) is 19.4 Å². The Bertz CT molecular complexity index is 970. The average Bonchev–Trinajstić information content (AvgIpc) is 3.55. The average molecular weight is 426 g/mol. The summed E-state index contributed by atoms with van der Waals surface area (Å²) in [6.45, 7) is 5.30. The maximum absolute atomic E-state index is 13.4. The molecule has 1 saturated carbocycles. The van der Waals surface area contributed by atoms with Crippen LogP contribution in [-0.4, -0.2) is 52.8 Å². The van der Waals surface area contributed by atoms with Crippen molar-refractivity contribution >= 4 is 6.09 Å². The first kappa shape index (κ1) is 20.2.